The number of thiocarbonyl (C=S) groups is 1. The summed E-state index contributed by atoms with van der Waals surface area (Å²) in [6, 6.07) is 13.3. The van der Waals surface area contributed by atoms with Crippen LogP contribution >= 0.6 is 12.2 Å². The standard InChI is InChI=1S/C17H19FN2S/c1-3-12-4-7-14(8-5-12)20(2)11-13-6-9-16(18)15(10-13)17(19)21/h4-10H,3,11H2,1-2H3,(H2,19,21). The van der Waals surface area contributed by atoms with E-state index in [2.05, 4.69) is 36.1 Å². The van der Waals surface area contributed by atoms with Gasteiger partial charge in [-0.3, -0.25) is 0 Å². The highest BCUT2D eigenvalue weighted by molar-refractivity contribution is 7.80. The lowest BCUT2D eigenvalue weighted by molar-refractivity contribution is 0.624. The lowest BCUT2D eigenvalue weighted by Gasteiger charge is -2.20. The van der Waals surface area contributed by atoms with E-state index in [0.29, 0.717) is 12.1 Å². The Morgan fingerprint density at radius 3 is 2.33 bits per heavy atom. The first-order chi connectivity index (χ1) is 10.0. The first-order valence-corrected chi connectivity index (χ1v) is 7.30. The quantitative estimate of drug-likeness (QED) is 0.855. The number of nitrogens with two attached hydrogens (primary N) is 1. The second kappa shape index (κ2) is 6.68. The smallest absolute Gasteiger partial charge is 0.133 e. The molecule has 2 aromatic carbocycles. The van der Waals surface area contributed by atoms with E-state index < -0.39 is 0 Å². The first kappa shape index (κ1) is 15.4. The average molecular weight is 302 g/mol. The van der Waals surface area contributed by atoms with E-state index >= 15 is 0 Å². The van der Waals surface area contributed by atoms with Crippen LogP contribution in [0.2, 0.25) is 0 Å². The van der Waals surface area contributed by atoms with Gasteiger partial charge < -0.3 is 10.6 Å². The van der Waals surface area contributed by atoms with E-state index in [9.17, 15) is 4.39 Å². The molecule has 0 fully saturated rings. The second-order valence-corrected chi connectivity index (χ2v) is 5.49. The average Bonchev–Trinajstić information content (AvgIpc) is 2.49. The Morgan fingerprint density at radius 2 is 1.76 bits per heavy atom. The third-order valence-electron chi connectivity index (χ3n) is 3.50. The van der Waals surface area contributed by atoms with E-state index in [1.807, 2.05) is 7.05 Å². The summed E-state index contributed by atoms with van der Waals surface area (Å²) in [5.41, 5.74) is 9.24. The molecule has 0 saturated carbocycles. The highest BCUT2D eigenvalue weighted by atomic mass is 32.1. The molecule has 0 aliphatic heterocycles. The molecule has 2 aromatic rings. The Kier molecular flexibility index (Phi) is 4.91. The van der Waals surface area contributed by atoms with Gasteiger partial charge >= 0.3 is 0 Å². The Balaban J connectivity index is 2.16. The van der Waals surface area contributed by atoms with Crippen LogP contribution in [0.3, 0.4) is 0 Å². The number of hydrogen-bond acceptors (Lipinski definition) is 2. The van der Waals surface area contributed by atoms with Crippen LogP contribution in [-0.2, 0) is 13.0 Å². The van der Waals surface area contributed by atoms with Crippen LogP contribution < -0.4 is 10.6 Å². The van der Waals surface area contributed by atoms with Gasteiger partial charge in [0.05, 0.1) is 0 Å². The summed E-state index contributed by atoms with van der Waals surface area (Å²) in [5.74, 6) is -0.374. The summed E-state index contributed by atoms with van der Waals surface area (Å²) in [6.07, 6.45) is 1.03. The molecule has 0 heterocycles. The van der Waals surface area contributed by atoms with Crippen molar-refractivity contribution in [2.24, 2.45) is 5.73 Å². The molecule has 2 rings (SSSR count). The molecule has 0 amide bonds. The van der Waals surface area contributed by atoms with Gasteiger partial charge in [-0.2, -0.15) is 0 Å². The van der Waals surface area contributed by atoms with Crippen molar-refractivity contribution in [2.45, 2.75) is 19.9 Å². The maximum Gasteiger partial charge on any atom is 0.133 e. The normalized spacial score (nSPS) is 10.4. The Morgan fingerprint density at radius 1 is 1.14 bits per heavy atom. The monoisotopic (exact) mass is 302 g/mol. The molecule has 0 aromatic heterocycles. The van der Waals surface area contributed by atoms with Crippen LogP contribution in [0.1, 0.15) is 23.6 Å². The van der Waals surface area contributed by atoms with Crippen LogP contribution in [0, 0.1) is 5.82 Å². The molecule has 0 spiro atoms. The van der Waals surface area contributed by atoms with Crippen LogP contribution in [0.25, 0.3) is 0 Å². The first-order valence-electron chi connectivity index (χ1n) is 6.89. The van der Waals surface area contributed by atoms with E-state index in [4.69, 9.17) is 18.0 Å². The van der Waals surface area contributed by atoms with E-state index in [-0.39, 0.29) is 10.8 Å². The van der Waals surface area contributed by atoms with Crippen molar-refractivity contribution in [3.05, 3.63) is 65.0 Å². The number of hydrogen-bond donors (Lipinski definition) is 1. The molecule has 0 radical (unpaired) electrons. The number of aryl methyl sites for hydroxylation is 1. The van der Waals surface area contributed by atoms with Gasteiger partial charge in [-0.05, 0) is 41.8 Å². The Bertz CT molecular complexity index is 638. The molecular weight excluding hydrogens is 283 g/mol. The minimum atomic E-state index is -0.374. The lowest BCUT2D eigenvalue weighted by Crippen LogP contribution is -2.18. The number of rotatable bonds is 5. The van der Waals surface area contributed by atoms with Gasteiger partial charge in [-0.1, -0.05) is 37.3 Å². The SMILES string of the molecule is CCc1ccc(N(C)Cc2ccc(F)c(C(N)=S)c2)cc1. The molecule has 0 aliphatic rings. The summed E-state index contributed by atoms with van der Waals surface area (Å²) in [5, 5.41) is 0. The fourth-order valence-electron chi connectivity index (χ4n) is 2.21. The molecule has 4 heteroatoms. The molecular formula is C17H19FN2S. The summed E-state index contributed by atoms with van der Waals surface area (Å²) in [6.45, 7) is 2.80. The minimum Gasteiger partial charge on any atom is -0.389 e. The number of nitrogens with zero attached hydrogens (tertiary/aromatic N) is 1. The number of halogens is 1. The molecule has 21 heavy (non-hydrogen) atoms. The van der Waals surface area contributed by atoms with E-state index in [1.165, 1.54) is 11.6 Å². The van der Waals surface area contributed by atoms with Gasteiger partial charge in [0.1, 0.15) is 10.8 Å². The third kappa shape index (κ3) is 3.79. The van der Waals surface area contributed by atoms with E-state index in [1.54, 1.807) is 12.1 Å². The van der Waals surface area contributed by atoms with Crippen molar-refractivity contribution in [3.63, 3.8) is 0 Å². The third-order valence-corrected chi connectivity index (χ3v) is 3.72. The molecule has 0 bridgehead atoms. The van der Waals surface area contributed by atoms with Crippen molar-refractivity contribution < 1.29 is 4.39 Å². The van der Waals surface area contributed by atoms with Crippen LogP contribution in [0.4, 0.5) is 10.1 Å². The van der Waals surface area contributed by atoms with Crippen LogP contribution in [0.5, 0.6) is 0 Å². The molecule has 0 aliphatic carbocycles. The Labute approximate surface area is 130 Å². The number of anilines is 1. The molecule has 2 nitrogen and oxygen atoms in total. The van der Waals surface area contributed by atoms with Crippen molar-refractivity contribution >= 4 is 22.9 Å². The zero-order valence-corrected chi connectivity index (χ0v) is 13.1. The zero-order chi connectivity index (χ0) is 15.4. The van der Waals surface area contributed by atoms with Crippen molar-refractivity contribution in [2.75, 3.05) is 11.9 Å². The highest BCUT2D eigenvalue weighted by Gasteiger charge is 2.08. The second-order valence-electron chi connectivity index (χ2n) is 5.05. The van der Waals surface area contributed by atoms with Crippen molar-refractivity contribution in [1.82, 2.24) is 0 Å². The van der Waals surface area contributed by atoms with Gasteiger partial charge in [-0.15, -0.1) is 0 Å². The predicted molar refractivity (Wildman–Crippen MR) is 90.2 cm³/mol. The Hall–Kier alpha value is -1.94. The largest absolute Gasteiger partial charge is 0.389 e. The molecule has 0 saturated heterocycles. The fourth-order valence-corrected chi connectivity index (χ4v) is 2.37. The van der Waals surface area contributed by atoms with E-state index in [0.717, 1.165) is 17.7 Å². The van der Waals surface area contributed by atoms with Gasteiger partial charge in [0.25, 0.3) is 0 Å². The molecule has 0 unspecified atom stereocenters. The fraction of sp³-hybridized carbons (Fsp3) is 0.235. The summed E-state index contributed by atoms with van der Waals surface area (Å²) < 4.78 is 13.6. The van der Waals surface area contributed by atoms with Crippen molar-refractivity contribution in [1.29, 1.82) is 0 Å². The molecule has 110 valence electrons. The van der Waals surface area contributed by atoms with Gasteiger partial charge in [-0.25, -0.2) is 4.39 Å². The summed E-state index contributed by atoms with van der Waals surface area (Å²) in [4.78, 5) is 2.19. The molecule has 0 atom stereocenters. The predicted octanol–water partition coefficient (Wildman–Crippen LogP) is 3.66. The lowest BCUT2D eigenvalue weighted by atomic mass is 10.1. The maximum absolute atomic E-state index is 13.6. The van der Waals surface area contributed by atoms with Gasteiger partial charge in [0.15, 0.2) is 0 Å². The minimum absolute atomic E-state index is 0.0873. The topological polar surface area (TPSA) is 29.3 Å². The summed E-state index contributed by atoms with van der Waals surface area (Å²) in [7, 11) is 2.00. The van der Waals surface area contributed by atoms with Crippen molar-refractivity contribution in [3.8, 4) is 0 Å². The maximum atomic E-state index is 13.6. The summed E-state index contributed by atoms with van der Waals surface area (Å²) >= 11 is 4.87. The van der Waals surface area contributed by atoms with Gasteiger partial charge in [0.2, 0.25) is 0 Å². The van der Waals surface area contributed by atoms with Crippen LogP contribution in [-0.4, -0.2) is 12.0 Å². The van der Waals surface area contributed by atoms with Gasteiger partial charge in [0, 0.05) is 24.8 Å². The number of benzene rings is 2. The van der Waals surface area contributed by atoms with Crippen LogP contribution in [0.15, 0.2) is 42.5 Å². The zero-order valence-electron chi connectivity index (χ0n) is 12.3. The highest BCUT2D eigenvalue weighted by Crippen LogP contribution is 2.18. The molecule has 2 N–H and O–H groups in total.